The highest BCUT2D eigenvalue weighted by Crippen LogP contribution is 2.39. The van der Waals surface area contributed by atoms with Gasteiger partial charge in [-0.1, -0.05) is 108 Å². The molecule has 5 aromatic carbocycles. The lowest BCUT2D eigenvalue weighted by Crippen LogP contribution is -2.29. The van der Waals surface area contributed by atoms with Crippen LogP contribution < -0.4 is 4.90 Å². The molecular weight excluding hydrogens is 572 g/mol. The molecule has 0 atom stereocenters. The Labute approximate surface area is 268 Å². The molecule has 6 nitrogen and oxygen atoms in total. The van der Waals surface area contributed by atoms with E-state index in [1.165, 1.54) is 0 Å². The zero-order valence-electron chi connectivity index (χ0n) is 26.9. The highest BCUT2D eigenvalue weighted by Gasteiger charge is 2.42. The average molecular weight is 609 g/mol. The second-order valence-corrected chi connectivity index (χ2v) is 10.2. The molecule has 0 fully saturated rings. The Morgan fingerprint density at radius 2 is 0.891 bits per heavy atom. The maximum Gasteiger partial charge on any atom is 0.266 e. The summed E-state index contributed by atoms with van der Waals surface area (Å²) in [7, 11) is 0. The molecule has 2 amide bonds. The molecule has 1 aromatic heterocycles. The zero-order valence-corrected chi connectivity index (χ0v) is 26.9. The summed E-state index contributed by atoms with van der Waals surface area (Å²) in [6.07, 6.45) is 0. The molecule has 2 heterocycles. The van der Waals surface area contributed by atoms with Gasteiger partial charge in [0.25, 0.3) is 11.8 Å². The number of rotatable bonds is 2. The standard InChI is InChI=1S/C34H18N2O4.3C2H6/c37-31-23-14-19-6-1-2-7-20(19)15-24(23)32(38)29(31)27-13-12-18-10-5-11-28(30(18)35-27)36-33(39)25-16-21-8-3-4-9-22(21)17-26(25)34(36)40;3*1-2/h1-17,29H;3*1-2H3. The van der Waals surface area contributed by atoms with Crippen molar-refractivity contribution in [3.63, 3.8) is 0 Å². The third-order valence-corrected chi connectivity index (χ3v) is 7.95. The van der Waals surface area contributed by atoms with Gasteiger partial charge in [0.15, 0.2) is 11.6 Å². The number of nitrogens with zero attached hydrogens (tertiary/aromatic N) is 2. The number of pyridine rings is 1. The Kier molecular flexibility index (Phi) is 9.19. The summed E-state index contributed by atoms with van der Waals surface area (Å²) < 4.78 is 0. The van der Waals surface area contributed by atoms with Crippen LogP contribution in [0.3, 0.4) is 0 Å². The summed E-state index contributed by atoms with van der Waals surface area (Å²) in [5.74, 6) is -2.56. The zero-order chi connectivity index (χ0) is 33.1. The maximum atomic E-state index is 13.6. The number of benzene rings is 5. The van der Waals surface area contributed by atoms with Crippen molar-refractivity contribution < 1.29 is 19.2 Å². The first-order valence-electron chi connectivity index (χ1n) is 15.9. The topological polar surface area (TPSA) is 84.4 Å². The van der Waals surface area contributed by atoms with Crippen molar-refractivity contribution in [2.24, 2.45) is 0 Å². The van der Waals surface area contributed by atoms with Crippen LogP contribution in [0, 0.1) is 0 Å². The second kappa shape index (κ2) is 13.2. The maximum absolute atomic E-state index is 13.6. The summed E-state index contributed by atoms with van der Waals surface area (Å²) in [5.41, 5.74) is 2.42. The van der Waals surface area contributed by atoms with Crippen molar-refractivity contribution in [2.45, 2.75) is 47.5 Å². The fourth-order valence-corrected chi connectivity index (χ4v) is 5.98. The van der Waals surface area contributed by atoms with E-state index >= 15 is 0 Å². The van der Waals surface area contributed by atoms with Gasteiger partial charge in [-0.05, 0) is 57.9 Å². The number of anilines is 1. The minimum absolute atomic E-state index is 0.289. The molecule has 0 saturated heterocycles. The van der Waals surface area contributed by atoms with Gasteiger partial charge in [-0.2, -0.15) is 0 Å². The van der Waals surface area contributed by atoms with Crippen LogP contribution in [0.5, 0.6) is 0 Å². The van der Waals surface area contributed by atoms with Crippen molar-refractivity contribution >= 4 is 61.5 Å². The fourth-order valence-electron chi connectivity index (χ4n) is 5.98. The fraction of sp³-hybridized carbons (Fsp3) is 0.175. The van der Waals surface area contributed by atoms with E-state index in [-0.39, 0.29) is 17.3 Å². The number of carbonyl (C=O) groups excluding carboxylic acids is 4. The number of carbonyl (C=O) groups is 4. The normalized spacial score (nSPS) is 13.5. The number of hydrogen-bond donors (Lipinski definition) is 0. The molecule has 2 aliphatic rings. The van der Waals surface area contributed by atoms with Crippen molar-refractivity contribution in [3.05, 3.63) is 131 Å². The monoisotopic (exact) mass is 608 g/mol. The van der Waals surface area contributed by atoms with Crippen LogP contribution in [-0.4, -0.2) is 28.4 Å². The van der Waals surface area contributed by atoms with Crippen LogP contribution in [0.4, 0.5) is 5.69 Å². The van der Waals surface area contributed by atoms with Crippen molar-refractivity contribution in [3.8, 4) is 0 Å². The number of ketones is 2. The van der Waals surface area contributed by atoms with Crippen LogP contribution in [0.2, 0.25) is 0 Å². The summed E-state index contributed by atoms with van der Waals surface area (Å²) in [6.45, 7) is 12.0. The third-order valence-electron chi connectivity index (χ3n) is 7.95. The first-order valence-corrected chi connectivity index (χ1v) is 15.9. The number of para-hydroxylation sites is 1. The van der Waals surface area contributed by atoms with Crippen molar-refractivity contribution in [1.82, 2.24) is 4.98 Å². The number of hydrogen-bond acceptors (Lipinski definition) is 5. The van der Waals surface area contributed by atoms with Crippen LogP contribution in [0.25, 0.3) is 32.4 Å². The Bertz CT molecular complexity index is 2060. The van der Waals surface area contributed by atoms with E-state index in [1.54, 1.807) is 48.5 Å². The highest BCUT2D eigenvalue weighted by atomic mass is 16.2. The number of fused-ring (bicyclic) bond motifs is 5. The van der Waals surface area contributed by atoms with E-state index in [0.29, 0.717) is 38.8 Å². The molecule has 6 aromatic rings. The van der Waals surface area contributed by atoms with Gasteiger partial charge in [-0.25, -0.2) is 9.88 Å². The van der Waals surface area contributed by atoms with Gasteiger partial charge >= 0.3 is 0 Å². The van der Waals surface area contributed by atoms with Gasteiger partial charge in [-0.3, -0.25) is 19.2 Å². The molecule has 1 aliphatic heterocycles. The van der Waals surface area contributed by atoms with E-state index < -0.39 is 17.7 Å². The number of aromatic nitrogens is 1. The molecule has 0 unspecified atom stereocenters. The second-order valence-electron chi connectivity index (χ2n) is 10.2. The van der Waals surface area contributed by atoms with Crippen molar-refractivity contribution in [1.29, 1.82) is 0 Å². The quantitative estimate of drug-likeness (QED) is 0.144. The summed E-state index contributed by atoms with van der Waals surface area (Å²) in [5, 5.41) is 4.19. The molecule has 46 heavy (non-hydrogen) atoms. The molecule has 0 N–H and O–H groups in total. The number of imide groups is 1. The van der Waals surface area contributed by atoms with E-state index in [4.69, 9.17) is 4.98 Å². The molecule has 230 valence electrons. The Morgan fingerprint density at radius 1 is 0.478 bits per heavy atom. The Hall–Kier alpha value is -5.49. The number of Topliss-reactive ketones (excluding diaryl/α,β-unsaturated/α-hetero) is 2. The summed E-state index contributed by atoms with van der Waals surface area (Å²) in [4.78, 5) is 60.1. The lowest BCUT2D eigenvalue weighted by molar-refractivity contribution is 0.0882. The molecule has 6 heteroatoms. The van der Waals surface area contributed by atoms with Gasteiger partial charge in [-0.15, -0.1) is 0 Å². The molecule has 8 rings (SSSR count). The minimum Gasteiger partial charge on any atom is -0.293 e. The highest BCUT2D eigenvalue weighted by molar-refractivity contribution is 6.37. The van der Waals surface area contributed by atoms with Gasteiger partial charge in [0.2, 0.25) is 0 Å². The third kappa shape index (κ3) is 5.06. The first-order chi connectivity index (χ1) is 22.5. The van der Waals surface area contributed by atoms with Gasteiger partial charge < -0.3 is 0 Å². The smallest absolute Gasteiger partial charge is 0.266 e. The molecular formula is C40H36N2O4. The minimum atomic E-state index is -1.09. The van der Waals surface area contributed by atoms with E-state index in [0.717, 1.165) is 26.4 Å². The molecule has 0 radical (unpaired) electrons. The Balaban J connectivity index is 0.000000658. The van der Waals surface area contributed by atoms with Gasteiger partial charge in [0.05, 0.1) is 28.0 Å². The first kappa shape index (κ1) is 31.9. The lowest BCUT2D eigenvalue weighted by atomic mass is 9.98. The van der Waals surface area contributed by atoms with E-state index in [2.05, 4.69) is 0 Å². The van der Waals surface area contributed by atoms with Crippen LogP contribution in [0.1, 0.15) is 94.6 Å². The largest absolute Gasteiger partial charge is 0.293 e. The lowest BCUT2D eigenvalue weighted by Gasteiger charge is -2.17. The average Bonchev–Trinajstić information content (AvgIpc) is 3.51. The predicted octanol–water partition coefficient (Wildman–Crippen LogP) is 9.58. The van der Waals surface area contributed by atoms with Gasteiger partial charge in [0, 0.05) is 16.5 Å². The van der Waals surface area contributed by atoms with Crippen LogP contribution >= 0.6 is 0 Å². The molecule has 0 saturated carbocycles. The summed E-state index contributed by atoms with van der Waals surface area (Å²) >= 11 is 0. The van der Waals surface area contributed by atoms with Crippen molar-refractivity contribution in [2.75, 3.05) is 4.90 Å². The van der Waals surface area contributed by atoms with Gasteiger partial charge in [0.1, 0.15) is 5.92 Å². The van der Waals surface area contributed by atoms with Crippen LogP contribution in [0.15, 0.2) is 103 Å². The predicted molar refractivity (Wildman–Crippen MR) is 186 cm³/mol. The Morgan fingerprint density at radius 3 is 1.35 bits per heavy atom. The molecule has 0 bridgehead atoms. The molecule has 0 spiro atoms. The summed E-state index contributed by atoms with van der Waals surface area (Å²) in [6, 6.07) is 30.9. The SMILES string of the molecule is CC.CC.CC.O=C1c2cc3ccccc3cc2C(=O)C1c1ccc2cccc(N3C(=O)c4cc5ccccc5cc4C3=O)c2n1. The van der Waals surface area contributed by atoms with E-state index in [1.807, 2.05) is 96.1 Å². The van der Waals surface area contributed by atoms with Crippen LogP contribution in [-0.2, 0) is 0 Å². The molecule has 1 aliphatic carbocycles. The number of amides is 2. The van der Waals surface area contributed by atoms with E-state index in [9.17, 15) is 19.2 Å².